The highest BCUT2D eigenvalue weighted by molar-refractivity contribution is 5.77. The van der Waals surface area contributed by atoms with E-state index in [0.29, 0.717) is 31.1 Å². The zero-order chi connectivity index (χ0) is 21.7. The zero-order valence-corrected chi connectivity index (χ0v) is 16.9. The summed E-state index contributed by atoms with van der Waals surface area (Å²) in [6.45, 7) is 4.86. The van der Waals surface area contributed by atoms with Crippen molar-refractivity contribution in [2.24, 2.45) is 0 Å². The summed E-state index contributed by atoms with van der Waals surface area (Å²) in [6.07, 6.45) is -2.77. The second-order valence-corrected chi connectivity index (χ2v) is 7.46. The molecule has 0 saturated carbocycles. The maximum absolute atomic E-state index is 12.8. The van der Waals surface area contributed by atoms with Crippen molar-refractivity contribution in [2.45, 2.75) is 44.9 Å². The van der Waals surface area contributed by atoms with Gasteiger partial charge in [-0.3, -0.25) is 4.79 Å². The van der Waals surface area contributed by atoms with Gasteiger partial charge in [0.15, 0.2) is 12.3 Å². The average Bonchev–Trinajstić information content (AvgIpc) is 2.72. The lowest BCUT2D eigenvalue weighted by molar-refractivity contribution is -0.141. The van der Waals surface area contributed by atoms with Gasteiger partial charge >= 0.3 is 12.2 Å². The standard InChI is InChI=1S/C21H24F3N3O3/c1-14(2)15-5-7-16(8-6-15)29-13-19(28)27-11-3-4-17(12-27)30-20-25-10-9-18(26-20)21(22,23)24/h5-10,14,17H,3-4,11-13H2,1-2H3. The molecule has 0 spiro atoms. The van der Waals surface area contributed by atoms with Gasteiger partial charge in [0, 0.05) is 12.7 Å². The molecular weight excluding hydrogens is 399 g/mol. The Morgan fingerprint density at radius 2 is 1.97 bits per heavy atom. The van der Waals surface area contributed by atoms with Gasteiger partial charge < -0.3 is 14.4 Å². The molecule has 1 saturated heterocycles. The van der Waals surface area contributed by atoms with E-state index >= 15 is 0 Å². The van der Waals surface area contributed by atoms with Crippen LogP contribution in [0.1, 0.15) is 43.9 Å². The first kappa shape index (κ1) is 21.9. The number of halogens is 3. The maximum Gasteiger partial charge on any atom is 0.433 e. The molecule has 162 valence electrons. The highest BCUT2D eigenvalue weighted by atomic mass is 19.4. The smallest absolute Gasteiger partial charge is 0.433 e. The number of nitrogens with zero attached hydrogens (tertiary/aromatic N) is 3. The summed E-state index contributed by atoms with van der Waals surface area (Å²) in [4.78, 5) is 21.3. The van der Waals surface area contributed by atoms with E-state index in [9.17, 15) is 18.0 Å². The number of hydrogen-bond donors (Lipinski definition) is 0. The van der Waals surface area contributed by atoms with Crippen molar-refractivity contribution in [2.75, 3.05) is 19.7 Å². The number of likely N-dealkylation sites (tertiary alicyclic amines) is 1. The monoisotopic (exact) mass is 423 g/mol. The molecule has 2 aromatic rings. The topological polar surface area (TPSA) is 64.5 Å². The molecule has 0 N–H and O–H groups in total. The highest BCUT2D eigenvalue weighted by Crippen LogP contribution is 2.28. The molecule has 1 aliphatic rings. The van der Waals surface area contributed by atoms with E-state index in [1.54, 1.807) is 4.90 Å². The van der Waals surface area contributed by atoms with E-state index in [-0.39, 0.29) is 25.1 Å². The van der Waals surface area contributed by atoms with Gasteiger partial charge in [0.2, 0.25) is 0 Å². The number of alkyl halides is 3. The molecule has 2 heterocycles. The van der Waals surface area contributed by atoms with Gasteiger partial charge in [-0.1, -0.05) is 26.0 Å². The van der Waals surface area contributed by atoms with Crippen LogP contribution in [-0.4, -0.2) is 46.6 Å². The number of hydrogen-bond acceptors (Lipinski definition) is 5. The summed E-state index contributed by atoms with van der Waals surface area (Å²) in [5.74, 6) is 0.808. The number of piperidine rings is 1. The van der Waals surface area contributed by atoms with Crippen molar-refractivity contribution in [1.29, 1.82) is 0 Å². The summed E-state index contributed by atoms with van der Waals surface area (Å²) in [5.41, 5.74) is 0.120. The average molecular weight is 423 g/mol. The van der Waals surface area contributed by atoms with Gasteiger partial charge in [0.05, 0.1) is 6.54 Å². The lowest BCUT2D eigenvalue weighted by Gasteiger charge is -2.32. The van der Waals surface area contributed by atoms with Gasteiger partial charge in [-0.25, -0.2) is 4.98 Å². The molecular formula is C21H24F3N3O3. The minimum atomic E-state index is -4.57. The van der Waals surface area contributed by atoms with E-state index in [1.165, 1.54) is 5.56 Å². The van der Waals surface area contributed by atoms with E-state index in [4.69, 9.17) is 9.47 Å². The zero-order valence-electron chi connectivity index (χ0n) is 16.9. The molecule has 1 aliphatic heterocycles. The lowest BCUT2D eigenvalue weighted by Crippen LogP contribution is -2.46. The fraction of sp³-hybridized carbons (Fsp3) is 0.476. The SMILES string of the molecule is CC(C)c1ccc(OCC(=O)N2CCCC(Oc3nccc(C(F)(F)F)n3)C2)cc1. The fourth-order valence-corrected chi connectivity index (χ4v) is 3.15. The van der Waals surface area contributed by atoms with Crippen LogP contribution in [0.3, 0.4) is 0 Å². The number of benzene rings is 1. The van der Waals surface area contributed by atoms with Crippen LogP contribution in [0.25, 0.3) is 0 Å². The van der Waals surface area contributed by atoms with Gasteiger partial charge in [0.25, 0.3) is 5.91 Å². The Labute approximate surface area is 173 Å². The maximum atomic E-state index is 12.8. The number of carbonyl (C=O) groups excluding carboxylic acids is 1. The predicted octanol–water partition coefficient (Wildman–Crippen LogP) is 4.07. The quantitative estimate of drug-likeness (QED) is 0.701. The van der Waals surface area contributed by atoms with Crippen molar-refractivity contribution in [3.63, 3.8) is 0 Å². The molecule has 30 heavy (non-hydrogen) atoms. The number of aromatic nitrogens is 2. The van der Waals surface area contributed by atoms with Gasteiger partial charge in [-0.05, 0) is 42.5 Å². The van der Waals surface area contributed by atoms with E-state index in [2.05, 4.69) is 23.8 Å². The molecule has 1 unspecified atom stereocenters. The Morgan fingerprint density at radius 3 is 2.63 bits per heavy atom. The van der Waals surface area contributed by atoms with Gasteiger partial charge in [-0.15, -0.1) is 0 Å². The highest BCUT2D eigenvalue weighted by Gasteiger charge is 2.33. The molecule has 0 aliphatic carbocycles. The third-order valence-corrected chi connectivity index (χ3v) is 4.84. The number of rotatable bonds is 6. The van der Waals surface area contributed by atoms with Crippen molar-refractivity contribution in [1.82, 2.24) is 14.9 Å². The summed E-state index contributed by atoms with van der Waals surface area (Å²) >= 11 is 0. The van der Waals surface area contributed by atoms with Crippen molar-refractivity contribution < 1.29 is 27.4 Å². The number of amides is 1. The van der Waals surface area contributed by atoms with E-state index in [0.717, 1.165) is 12.3 Å². The van der Waals surface area contributed by atoms with Crippen molar-refractivity contribution >= 4 is 5.91 Å². The Morgan fingerprint density at radius 1 is 1.23 bits per heavy atom. The molecule has 1 amide bonds. The third kappa shape index (κ3) is 5.84. The van der Waals surface area contributed by atoms with Crippen LogP contribution >= 0.6 is 0 Å². The minimum absolute atomic E-state index is 0.117. The Bertz CT molecular complexity index is 857. The molecule has 3 rings (SSSR count). The Balaban J connectivity index is 1.53. The Hall–Kier alpha value is -2.84. The van der Waals surface area contributed by atoms with Crippen LogP contribution in [-0.2, 0) is 11.0 Å². The van der Waals surface area contributed by atoms with Crippen LogP contribution in [0.5, 0.6) is 11.8 Å². The lowest BCUT2D eigenvalue weighted by atomic mass is 10.0. The van der Waals surface area contributed by atoms with Crippen LogP contribution in [0, 0.1) is 0 Å². The molecule has 0 bridgehead atoms. The minimum Gasteiger partial charge on any atom is -0.484 e. The molecule has 1 atom stereocenters. The second-order valence-electron chi connectivity index (χ2n) is 7.46. The van der Waals surface area contributed by atoms with Crippen LogP contribution in [0.4, 0.5) is 13.2 Å². The third-order valence-electron chi connectivity index (χ3n) is 4.84. The second kappa shape index (κ2) is 9.32. The van der Waals surface area contributed by atoms with Crippen LogP contribution < -0.4 is 9.47 Å². The van der Waals surface area contributed by atoms with E-state index in [1.807, 2.05) is 24.3 Å². The summed E-state index contributed by atoms with van der Waals surface area (Å²) in [6, 6.07) is 8.03. The summed E-state index contributed by atoms with van der Waals surface area (Å²) in [7, 11) is 0. The number of ether oxygens (including phenoxy) is 2. The summed E-state index contributed by atoms with van der Waals surface area (Å²) in [5, 5.41) is 0. The van der Waals surface area contributed by atoms with Crippen molar-refractivity contribution in [3.8, 4) is 11.8 Å². The molecule has 9 heteroatoms. The predicted molar refractivity (Wildman–Crippen MR) is 103 cm³/mol. The van der Waals surface area contributed by atoms with Crippen LogP contribution in [0.2, 0.25) is 0 Å². The molecule has 1 aromatic heterocycles. The van der Waals surface area contributed by atoms with Gasteiger partial charge in [0.1, 0.15) is 11.9 Å². The first-order valence-corrected chi connectivity index (χ1v) is 9.80. The first-order chi connectivity index (χ1) is 14.2. The first-order valence-electron chi connectivity index (χ1n) is 9.80. The molecule has 0 radical (unpaired) electrons. The Kier molecular flexibility index (Phi) is 6.79. The van der Waals surface area contributed by atoms with Crippen LogP contribution in [0.15, 0.2) is 36.5 Å². The molecule has 1 aromatic carbocycles. The van der Waals surface area contributed by atoms with Gasteiger partial charge in [-0.2, -0.15) is 18.2 Å². The fourth-order valence-electron chi connectivity index (χ4n) is 3.15. The number of carbonyl (C=O) groups is 1. The van der Waals surface area contributed by atoms with E-state index < -0.39 is 18.0 Å². The normalized spacial score (nSPS) is 17.1. The molecule has 6 nitrogen and oxygen atoms in total. The summed E-state index contributed by atoms with van der Waals surface area (Å²) < 4.78 is 49.5. The molecule has 1 fully saturated rings. The largest absolute Gasteiger partial charge is 0.484 e. The van der Waals surface area contributed by atoms with Crippen molar-refractivity contribution in [3.05, 3.63) is 47.8 Å².